The van der Waals surface area contributed by atoms with Crippen molar-refractivity contribution in [2.24, 2.45) is 0 Å². The summed E-state index contributed by atoms with van der Waals surface area (Å²) in [6.45, 7) is 5.58. The van der Waals surface area contributed by atoms with E-state index in [0.717, 1.165) is 148 Å². The van der Waals surface area contributed by atoms with E-state index in [1.54, 1.807) is 0 Å². The summed E-state index contributed by atoms with van der Waals surface area (Å²) in [7, 11) is 0. The molecule has 3 N–H and O–H groups in total. The Bertz CT molecular complexity index is 2130. The maximum absolute atomic E-state index is 13.2. The van der Waals surface area contributed by atoms with Crippen LogP contribution >= 0.6 is 0 Å². The van der Waals surface area contributed by atoms with Crippen molar-refractivity contribution in [3.63, 3.8) is 0 Å². The number of esters is 3. The Hall–Kier alpha value is -5.92. The standard InChI is InChI=1S/C73H110O12/c1-4-7-10-13-16-19-22-25-28-31-33-36-38-41-44-47-50-53-56-59-65(74)81-62-64(83-66(75)60-57-54-51-48-45-42-40-37-34-32-29-26-23-20-17-14-11-8-5-2)63-82-73-71(69(78)68(77)70(85-73)72(79)80)84-67(76)61-58-55-52-49-46-43-39-35-30-27-24-21-18-15-12-9-6-3/h7-12,16-21,25-30,33-34,36-37,39,41,43-44,49,52,64,68-71,73,77-78H,4-6,13-15,22-24,31-32,35,38,40,42,45-48,50-51,53-63H2,1-3H3,(H,79,80)/b10-7-,11-8-,12-9-,19-16-,20-17-,21-18-,28-25-,29-26-,30-27-,36-33-,37-34-,43-39-,44-41-,52-49-. The fraction of sp³-hybridized carbons (Fsp3) is 0.562. The molecular weight excluding hydrogens is 1070 g/mol. The first kappa shape index (κ1) is 77.1. The molecule has 1 heterocycles. The molecule has 0 amide bonds. The van der Waals surface area contributed by atoms with Gasteiger partial charge in [0.25, 0.3) is 0 Å². The summed E-state index contributed by atoms with van der Waals surface area (Å²) < 4.78 is 28.4. The van der Waals surface area contributed by atoms with E-state index >= 15 is 0 Å². The van der Waals surface area contributed by atoms with Crippen LogP contribution in [0.5, 0.6) is 0 Å². The average Bonchev–Trinajstić information content (AvgIpc) is 3.46. The molecule has 85 heavy (non-hydrogen) atoms. The summed E-state index contributed by atoms with van der Waals surface area (Å²) in [6, 6.07) is 0. The van der Waals surface area contributed by atoms with Crippen molar-refractivity contribution in [3.8, 4) is 0 Å². The van der Waals surface area contributed by atoms with E-state index < -0.39 is 67.3 Å². The largest absolute Gasteiger partial charge is 0.479 e. The highest BCUT2D eigenvalue weighted by Crippen LogP contribution is 2.26. The second-order valence-electron chi connectivity index (χ2n) is 20.9. The van der Waals surface area contributed by atoms with Crippen molar-refractivity contribution in [3.05, 3.63) is 170 Å². The Morgan fingerprint density at radius 1 is 0.388 bits per heavy atom. The molecule has 1 saturated heterocycles. The number of carboxylic acid groups (broad SMARTS) is 1. The molecule has 0 aromatic carbocycles. The van der Waals surface area contributed by atoms with E-state index in [1.807, 2.05) is 12.2 Å². The molecule has 12 heteroatoms. The second-order valence-corrected chi connectivity index (χ2v) is 20.9. The van der Waals surface area contributed by atoms with Gasteiger partial charge in [0.2, 0.25) is 0 Å². The number of carbonyl (C=O) groups is 4. The molecule has 1 aliphatic heterocycles. The van der Waals surface area contributed by atoms with Crippen LogP contribution in [0.2, 0.25) is 0 Å². The van der Waals surface area contributed by atoms with Crippen LogP contribution in [0.4, 0.5) is 0 Å². The molecule has 0 aromatic heterocycles. The number of allylic oxidation sites excluding steroid dienone is 28. The third-order valence-corrected chi connectivity index (χ3v) is 13.3. The quantitative estimate of drug-likeness (QED) is 0.0228. The predicted octanol–water partition coefficient (Wildman–Crippen LogP) is 17.5. The van der Waals surface area contributed by atoms with Gasteiger partial charge in [0.05, 0.1) is 6.61 Å². The molecule has 0 aromatic rings. The van der Waals surface area contributed by atoms with Gasteiger partial charge in [-0.3, -0.25) is 14.4 Å². The van der Waals surface area contributed by atoms with E-state index in [2.05, 4.69) is 179 Å². The SMILES string of the molecule is CC/C=C\C/C=C\C/C=C\C/C=C\C/C=C\CCCCCC(=O)OCC(COC1OC(C(=O)O)C(O)C(O)C1OC(=O)CCC/C=C\C/C=C\C/C=C\C/C=C\C/C=C\CC)OC(=O)CCCCCCCC/C=C\C/C=C\C/C=C\C/C=C\CC. The second kappa shape index (κ2) is 58.5. The van der Waals surface area contributed by atoms with E-state index in [4.69, 9.17) is 23.7 Å². The van der Waals surface area contributed by atoms with Crippen LogP contribution in [0.25, 0.3) is 0 Å². The minimum atomic E-state index is -1.94. The van der Waals surface area contributed by atoms with E-state index in [1.165, 1.54) is 0 Å². The minimum Gasteiger partial charge on any atom is -0.479 e. The van der Waals surface area contributed by atoms with Gasteiger partial charge in [0, 0.05) is 19.3 Å². The van der Waals surface area contributed by atoms with Gasteiger partial charge < -0.3 is 39.0 Å². The highest BCUT2D eigenvalue weighted by Gasteiger charge is 2.50. The monoisotopic (exact) mass is 1180 g/mol. The first-order valence-corrected chi connectivity index (χ1v) is 32.1. The normalized spacial score (nSPS) is 18.6. The molecule has 0 radical (unpaired) electrons. The first-order valence-electron chi connectivity index (χ1n) is 32.1. The number of hydrogen-bond acceptors (Lipinski definition) is 11. The molecule has 12 nitrogen and oxygen atoms in total. The summed E-state index contributed by atoms with van der Waals surface area (Å²) in [5.74, 6) is -3.29. The lowest BCUT2D eigenvalue weighted by Crippen LogP contribution is -2.61. The zero-order chi connectivity index (χ0) is 61.7. The third kappa shape index (κ3) is 48.0. The number of unbranched alkanes of at least 4 members (excludes halogenated alkanes) is 10. The van der Waals surface area contributed by atoms with Gasteiger partial charge in [-0.05, 0) is 141 Å². The molecule has 0 bridgehead atoms. The summed E-state index contributed by atoms with van der Waals surface area (Å²) in [6.07, 6.45) is 74.5. The Balaban J connectivity index is 2.75. The third-order valence-electron chi connectivity index (χ3n) is 13.3. The summed E-state index contributed by atoms with van der Waals surface area (Å²) in [5.41, 5.74) is 0. The zero-order valence-corrected chi connectivity index (χ0v) is 52.3. The fourth-order valence-electron chi connectivity index (χ4n) is 8.48. The van der Waals surface area contributed by atoms with Crippen molar-refractivity contribution in [1.82, 2.24) is 0 Å². The smallest absolute Gasteiger partial charge is 0.335 e. The molecule has 0 aliphatic carbocycles. The summed E-state index contributed by atoms with van der Waals surface area (Å²) in [5, 5.41) is 31.6. The Kier molecular flexibility index (Phi) is 53.0. The molecule has 1 fully saturated rings. The number of aliphatic hydroxyl groups is 2. The van der Waals surface area contributed by atoms with Gasteiger partial charge in [-0.1, -0.05) is 223 Å². The molecule has 0 saturated carbocycles. The van der Waals surface area contributed by atoms with Crippen molar-refractivity contribution >= 4 is 23.9 Å². The van der Waals surface area contributed by atoms with Crippen molar-refractivity contribution in [2.75, 3.05) is 13.2 Å². The Morgan fingerprint density at radius 2 is 0.718 bits per heavy atom. The molecule has 1 aliphatic rings. The van der Waals surface area contributed by atoms with E-state index in [0.29, 0.717) is 25.7 Å². The zero-order valence-electron chi connectivity index (χ0n) is 52.3. The summed E-state index contributed by atoms with van der Waals surface area (Å²) >= 11 is 0. The van der Waals surface area contributed by atoms with Crippen LogP contribution in [0.3, 0.4) is 0 Å². The Labute approximate surface area is 513 Å². The van der Waals surface area contributed by atoms with Crippen LogP contribution < -0.4 is 0 Å². The maximum atomic E-state index is 13.2. The molecule has 6 unspecified atom stereocenters. The molecule has 474 valence electrons. The van der Waals surface area contributed by atoms with Gasteiger partial charge in [-0.15, -0.1) is 0 Å². The van der Waals surface area contributed by atoms with Crippen LogP contribution in [0.15, 0.2) is 170 Å². The number of aliphatic hydroxyl groups excluding tert-OH is 2. The topological polar surface area (TPSA) is 175 Å². The average molecular weight is 1180 g/mol. The number of aliphatic carboxylic acids is 1. The molecular formula is C73H110O12. The van der Waals surface area contributed by atoms with Crippen molar-refractivity contribution in [1.29, 1.82) is 0 Å². The number of carboxylic acids is 1. The molecule has 0 spiro atoms. The highest BCUT2D eigenvalue weighted by atomic mass is 16.7. The van der Waals surface area contributed by atoms with E-state index in [9.17, 15) is 34.5 Å². The Morgan fingerprint density at radius 3 is 1.12 bits per heavy atom. The van der Waals surface area contributed by atoms with Crippen LogP contribution in [0, 0.1) is 0 Å². The lowest BCUT2D eigenvalue weighted by Gasteiger charge is -2.40. The number of hydrogen-bond donors (Lipinski definition) is 3. The van der Waals surface area contributed by atoms with Crippen LogP contribution in [0.1, 0.15) is 213 Å². The van der Waals surface area contributed by atoms with Gasteiger partial charge in [-0.25, -0.2) is 4.79 Å². The van der Waals surface area contributed by atoms with E-state index in [-0.39, 0.29) is 25.9 Å². The van der Waals surface area contributed by atoms with Gasteiger partial charge in [0.1, 0.15) is 18.8 Å². The number of carbonyl (C=O) groups excluding carboxylic acids is 3. The van der Waals surface area contributed by atoms with Gasteiger partial charge in [0.15, 0.2) is 24.6 Å². The first-order chi connectivity index (χ1) is 41.6. The summed E-state index contributed by atoms with van der Waals surface area (Å²) in [4.78, 5) is 51.3. The maximum Gasteiger partial charge on any atom is 0.335 e. The fourth-order valence-corrected chi connectivity index (χ4v) is 8.48. The van der Waals surface area contributed by atoms with Crippen molar-refractivity contribution < 1.29 is 58.2 Å². The van der Waals surface area contributed by atoms with Gasteiger partial charge in [-0.2, -0.15) is 0 Å². The predicted molar refractivity (Wildman–Crippen MR) is 348 cm³/mol. The number of rotatable bonds is 52. The lowest BCUT2D eigenvalue weighted by atomic mass is 9.98. The number of ether oxygens (including phenoxy) is 5. The van der Waals surface area contributed by atoms with Crippen LogP contribution in [-0.2, 0) is 42.9 Å². The molecule has 6 atom stereocenters. The highest BCUT2D eigenvalue weighted by molar-refractivity contribution is 5.74. The van der Waals surface area contributed by atoms with Crippen molar-refractivity contribution in [2.45, 2.75) is 250 Å². The minimum absolute atomic E-state index is 0.0334. The van der Waals surface area contributed by atoms with Gasteiger partial charge >= 0.3 is 23.9 Å². The van der Waals surface area contributed by atoms with Crippen LogP contribution in [-0.4, -0.2) is 89.2 Å². The molecule has 1 rings (SSSR count). The lowest BCUT2D eigenvalue weighted by molar-refractivity contribution is -0.301.